The molecule has 1 aliphatic heterocycles. The molecular weight excluding hydrogens is 509 g/mol. The number of H-pyrrole nitrogens is 1. The Labute approximate surface area is 217 Å². The first-order chi connectivity index (χ1) is 16.7. The third-order valence-electron chi connectivity index (χ3n) is 6.58. The van der Waals surface area contributed by atoms with Crippen LogP contribution in [0.2, 0.25) is 10.0 Å². The topological polar surface area (TPSA) is 107 Å². The van der Waals surface area contributed by atoms with Crippen LogP contribution in [0.3, 0.4) is 0 Å². The SMILES string of the molecule is C=S(=O)(C1CCCCC1)N1CCC(NC(=O)c2[nH]ncc2NC=O)CC1.Cc1c(Cl)cccc1Cl. The summed E-state index contributed by atoms with van der Waals surface area (Å²) in [4.78, 5) is 22.9. The Morgan fingerprint density at radius 2 is 1.80 bits per heavy atom. The van der Waals surface area contributed by atoms with Crippen molar-refractivity contribution < 1.29 is 13.8 Å². The fourth-order valence-corrected chi connectivity index (χ4v) is 7.14. The number of nitrogens with zero attached hydrogens (tertiary/aromatic N) is 2. The minimum absolute atomic E-state index is 0.00712. The predicted octanol–water partition coefficient (Wildman–Crippen LogP) is 4.44. The number of benzene rings is 1. The first kappa shape index (κ1) is 27.5. The maximum absolute atomic E-state index is 13.2. The summed E-state index contributed by atoms with van der Waals surface area (Å²) in [5, 5.41) is 13.5. The molecule has 2 heterocycles. The Morgan fingerprint density at radius 3 is 2.37 bits per heavy atom. The van der Waals surface area contributed by atoms with Gasteiger partial charge in [-0.05, 0) is 56.2 Å². The zero-order chi connectivity index (χ0) is 25.4. The summed E-state index contributed by atoms with van der Waals surface area (Å²) < 4.78 is 15.2. The maximum atomic E-state index is 13.2. The number of aromatic amines is 1. The highest BCUT2D eigenvalue weighted by Crippen LogP contribution is 2.28. The van der Waals surface area contributed by atoms with Gasteiger partial charge in [-0.15, -0.1) is 0 Å². The average molecular weight is 543 g/mol. The van der Waals surface area contributed by atoms with Crippen molar-refractivity contribution in [3.63, 3.8) is 0 Å². The summed E-state index contributed by atoms with van der Waals surface area (Å²) >= 11 is 11.5. The van der Waals surface area contributed by atoms with Crippen LogP contribution < -0.4 is 10.6 Å². The zero-order valence-corrected chi connectivity index (χ0v) is 22.2. The molecular formula is C24H33Cl2N5O3S. The minimum Gasteiger partial charge on any atom is -0.348 e. The van der Waals surface area contributed by atoms with Crippen LogP contribution >= 0.6 is 23.2 Å². The van der Waals surface area contributed by atoms with Crippen LogP contribution in [-0.4, -0.2) is 61.3 Å². The van der Waals surface area contributed by atoms with Crippen LogP contribution in [-0.2, 0) is 14.5 Å². The molecule has 3 N–H and O–H groups in total. The monoisotopic (exact) mass is 541 g/mol. The van der Waals surface area contributed by atoms with Gasteiger partial charge >= 0.3 is 0 Å². The Balaban J connectivity index is 0.000000320. The fourth-order valence-electron chi connectivity index (χ4n) is 4.42. The van der Waals surface area contributed by atoms with Crippen molar-refractivity contribution in [2.24, 2.45) is 0 Å². The first-order valence-corrected chi connectivity index (χ1v) is 14.3. The first-order valence-electron chi connectivity index (χ1n) is 11.8. The number of piperidine rings is 1. The van der Waals surface area contributed by atoms with Gasteiger partial charge in [0.05, 0.1) is 11.9 Å². The van der Waals surface area contributed by atoms with E-state index in [4.69, 9.17) is 23.2 Å². The van der Waals surface area contributed by atoms with Gasteiger partial charge in [-0.2, -0.15) is 5.10 Å². The quantitative estimate of drug-likeness (QED) is 0.371. The van der Waals surface area contributed by atoms with Crippen LogP contribution in [0.25, 0.3) is 0 Å². The largest absolute Gasteiger partial charge is 0.348 e. The number of amides is 2. The fraction of sp³-hybridized carbons (Fsp3) is 0.500. The van der Waals surface area contributed by atoms with Crippen molar-refractivity contribution in [3.05, 3.63) is 45.7 Å². The van der Waals surface area contributed by atoms with E-state index in [1.54, 1.807) is 0 Å². The lowest BCUT2D eigenvalue weighted by Crippen LogP contribution is -2.49. The van der Waals surface area contributed by atoms with Crippen LogP contribution in [0.15, 0.2) is 24.4 Å². The number of anilines is 1. The molecule has 11 heteroatoms. The van der Waals surface area contributed by atoms with Crippen molar-refractivity contribution in [1.82, 2.24) is 19.8 Å². The van der Waals surface area contributed by atoms with Crippen molar-refractivity contribution >= 4 is 56.8 Å². The van der Waals surface area contributed by atoms with E-state index in [1.165, 1.54) is 12.6 Å². The van der Waals surface area contributed by atoms with E-state index in [0.29, 0.717) is 25.2 Å². The predicted molar refractivity (Wildman–Crippen MR) is 144 cm³/mol. The number of halogens is 2. The van der Waals surface area contributed by atoms with Crippen LogP contribution in [0.1, 0.15) is 61.0 Å². The average Bonchev–Trinajstić information content (AvgIpc) is 3.32. The molecule has 35 heavy (non-hydrogen) atoms. The standard InChI is InChI=1S/C17H27N5O3S.C7H6Cl2/c1-26(25,14-5-3-2-4-6-14)22-9-7-13(8-10-22)20-17(24)16-15(18-12-23)11-19-21-16;1-5-6(8)3-2-4-7(5)9/h11-14H,1-10H2,(H,18,23)(H,19,21)(H,20,24);2-4H,1H3. The second-order valence-corrected chi connectivity index (χ2v) is 12.3. The smallest absolute Gasteiger partial charge is 0.271 e. The Bertz CT molecular complexity index is 1090. The molecule has 1 unspecified atom stereocenters. The van der Waals surface area contributed by atoms with Gasteiger partial charge in [-0.25, -0.2) is 4.31 Å². The van der Waals surface area contributed by atoms with Crippen molar-refractivity contribution in [3.8, 4) is 0 Å². The molecule has 0 radical (unpaired) electrons. The lowest BCUT2D eigenvalue weighted by atomic mass is 10.0. The Morgan fingerprint density at radius 1 is 1.17 bits per heavy atom. The molecule has 1 aliphatic carbocycles. The number of hydrogen-bond acceptors (Lipinski definition) is 4. The molecule has 1 saturated heterocycles. The van der Waals surface area contributed by atoms with Gasteiger partial charge in [0, 0.05) is 44.1 Å². The van der Waals surface area contributed by atoms with Crippen LogP contribution in [0, 0.1) is 6.92 Å². The summed E-state index contributed by atoms with van der Waals surface area (Å²) in [7, 11) is -2.24. The van der Waals surface area contributed by atoms with Gasteiger partial charge in [0.2, 0.25) is 6.41 Å². The number of carbonyl (C=O) groups excluding carboxylic acids is 2. The number of aromatic nitrogens is 2. The molecule has 2 fully saturated rings. The van der Waals surface area contributed by atoms with Crippen LogP contribution in [0.4, 0.5) is 5.69 Å². The third kappa shape index (κ3) is 7.22. The molecule has 1 aromatic carbocycles. The van der Waals surface area contributed by atoms with Gasteiger partial charge < -0.3 is 10.6 Å². The Hall–Kier alpha value is -2.07. The maximum Gasteiger partial charge on any atom is 0.271 e. The molecule has 1 saturated carbocycles. The lowest BCUT2D eigenvalue weighted by Gasteiger charge is -2.38. The van der Waals surface area contributed by atoms with Gasteiger partial charge in [-0.3, -0.25) is 18.9 Å². The minimum atomic E-state index is -2.24. The normalized spacial score (nSPS) is 19.2. The summed E-state index contributed by atoms with van der Waals surface area (Å²) in [5.74, 6) is 3.79. The van der Waals surface area contributed by atoms with Crippen LogP contribution in [0.5, 0.6) is 0 Å². The highest BCUT2D eigenvalue weighted by molar-refractivity contribution is 7.98. The van der Waals surface area contributed by atoms with E-state index in [0.717, 1.165) is 54.1 Å². The van der Waals surface area contributed by atoms with Gasteiger partial charge in [-0.1, -0.05) is 48.5 Å². The molecule has 192 valence electrons. The number of rotatable bonds is 6. The molecule has 2 amide bonds. The molecule has 0 bridgehead atoms. The summed E-state index contributed by atoms with van der Waals surface area (Å²) in [6.45, 7) is 3.24. The number of carbonyl (C=O) groups is 2. The van der Waals surface area contributed by atoms with E-state index in [-0.39, 0.29) is 22.9 Å². The van der Waals surface area contributed by atoms with Gasteiger partial charge in [0.25, 0.3) is 5.91 Å². The van der Waals surface area contributed by atoms with E-state index in [2.05, 4.69) is 26.7 Å². The Kier molecular flexibility index (Phi) is 10.0. The van der Waals surface area contributed by atoms with Gasteiger partial charge in [0.1, 0.15) is 5.69 Å². The van der Waals surface area contributed by atoms with E-state index in [1.807, 2.05) is 29.4 Å². The van der Waals surface area contributed by atoms with Gasteiger partial charge in [0.15, 0.2) is 0 Å². The summed E-state index contributed by atoms with van der Waals surface area (Å²) in [6.07, 6.45) is 8.90. The third-order valence-corrected chi connectivity index (χ3v) is 10.2. The van der Waals surface area contributed by atoms with E-state index < -0.39 is 9.71 Å². The molecule has 8 nitrogen and oxygen atoms in total. The summed E-state index contributed by atoms with van der Waals surface area (Å²) in [6, 6.07) is 5.48. The molecule has 1 atom stereocenters. The van der Waals surface area contributed by atoms with Crippen molar-refractivity contribution in [1.29, 1.82) is 0 Å². The second kappa shape index (κ2) is 12.8. The zero-order valence-electron chi connectivity index (χ0n) is 19.9. The molecule has 0 spiro atoms. The molecule has 4 rings (SSSR count). The van der Waals surface area contributed by atoms with E-state index in [9.17, 15) is 13.8 Å². The van der Waals surface area contributed by atoms with E-state index >= 15 is 0 Å². The number of hydrogen-bond donors (Lipinski definition) is 3. The lowest BCUT2D eigenvalue weighted by molar-refractivity contribution is -0.105. The molecule has 2 aliphatic rings. The molecule has 2 aromatic rings. The highest BCUT2D eigenvalue weighted by Gasteiger charge is 2.31. The number of nitrogens with one attached hydrogen (secondary N) is 3. The van der Waals surface area contributed by atoms with Crippen molar-refractivity contribution in [2.75, 3.05) is 18.4 Å². The van der Waals surface area contributed by atoms with Crippen molar-refractivity contribution in [2.45, 2.75) is 63.2 Å². The molecule has 1 aromatic heterocycles. The summed E-state index contributed by atoms with van der Waals surface area (Å²) in [5.41, 5.74) is 1.54. The highest BCUT2D eigenvalue weighted by atomic mass is 35.5. The second-order valence-electron chi connectivity index (χ2n) is 8.89.